The van der Waals surface area contributed by atoms with Crippen LogP contribution in [0, 0.1) is 11.3 Å². The second kappa shape index (κ2) is 7.07. The predicted molar refractivity (Wildman–Crippen MR) is 74.3 cm³/mol. The third-order valence-electron chi connectivity index (χ3n) is 4.65. The standard InChI is InChI=1S/C15H25NO4/c17-13(16-11-12-3-7-20-8-4-12)9-15(10-14(18)19)5-1-2-6-15/h12H,1-11H2,(H,16,17)(H,18,19). The lowest BCUT2D eigenvalue weighted by Gasteiger charge is -2.27. The Kier molecular flexibility index (Phi) is 5.40. The Morgan fingerprint density at radius 3 is 2.40 bits per heavy atom. The van der Waals surface area contributed by atoms with Gasteiger partial charge in [0.05, 0.1) is 6.42 Å². The molecule has 1 heterocycles. The molecule has 0 bridgehead atoms. The molecule has 0 unspecified atom stereocenters. The molecule has 5 heteroatoms. The summed E-state index contributed by atoms with van der Waals surface area (Å²) in [7, 11) is 0. The zero-order valence-electron chi connectivity index (χ0n) is 12.0. The molecule has 1 saturated heterocycles. The van der Waals surface area contributed by atoms with Crippen molar-refractivity contribution in [2.24, 2.45) is 11.3 Å². The van der Waals surface area contributed by atoms with Gasteiger partial charge in [0.15, 0.2) is 0 Å². The van der Waals surface area contributed by atoms with Gasteiger partial charge in [-0.1, -0.05) is 12.8 Å². The lowest BCUT2D eigenvalue weighted by molar-refractivity contribution is -0.140. The molecule has 2 fully saturated rings. The molecule has 5 nitrogen and oxygen atoms in total. The highest BCUT2D eigenvalue weighted by Crippen LogP contribution is 2.44. The van der Waals surface area contributed by atoms with E-state index in [4.69, 9.17) is 9.84 Å². The van der Waals surface area contributed by atoms with Crippen LogP contribution in [0.2, 0.25) is 0 Å². The number of carbonyl (C=O) groups is 2. The molecular weight excluding hydrogens is 258 g/mol. The molecule has 1 saturated carbocycles. The summed E-state index contributed by atoms with van der Waals surface area (Å²) in [6.07, 6.45) is 6.30. The van der Waals surface area contributed by atoms with Crippen LogP contribution < -0.4 is 5.32 Å². The number of carbonyl (C=O) groups excluding carboxylic acids is 1. The highest BCUT2D eigenvalue weighted by molar-refractivity contribution is 5.78. The average Bonchev–Trinajstić information content (AvgIpc) is 2.85. The fraction of sp³-hybridized carbons (Fsp3) is 0.867. The zero-order chi connectivity index (χ0) is 14.4. The second-order valence-electron chi connectivity index (χ2n) is 6.31. The van der Waals surface area contributed by atoms with Crippen molar-refractivity contribution in [1.29, 1.82) is 0 Å². The van der Waals surface area contributed by atoms with Crippen LogP contribution in [0.1, 0.15) is 51.4 Å². The van der Waals surface area contributed by atoms with Gasteiger partial charge in [0.2, 0.25) is 5.91 Å². The maximum atomic E-state index is 12.1. The maximum Gasteiger partial charge on any atom is 0.303 e. The van der Waals surface area contributed by atoms with Crippen molar-refractivity contribution in [3.63, 3.8) is 0 Å². The van der Waals surface area contributed by atoms with Crippen molar-refractivity contribution in [3.05, 3.63) is 0 Å². The van der Waals surface area contributed by atoms with Gasteiger partial charge >= 0.3 is 5.97 Å². The van der Waals surface area contributed by atoms with E-state index >= 15 is 0 Å². The van der Waals surface area contributed by atoms with Crippen molar-refractivity contribution in [2.45, 2.75) is 51.4 Å². The fourth-order valence-electron chi connectivity index (χ4n) is 3.47. The lowest BCUT2D eigenvalue weighted by atomic mass is 9.79. The van der Waals surface area contributed by atoms with Gasteiger partial charge in [0.25, 0.3) is 0 Å². The predicted octanol–water partition coefficient (Wildman–Crippen LogP) is 1.95. The Balaban J connectivity index is 1.77. The summed E-state index contributed by atoms with van der Waals surface area (Å²) in [6, 6.07) is 0. The first-order chi connectivity index (χ1) is 9.60. The smallest absolute Gasteiger partial charge is 0.303 e. The average molecular weight is 283 g/mol. The van der Waals surface area contributed by atoms with Crippen LogP contribution in [-0.4, -0.2) is 36.7 Å². The SMILES string of the molecule is O=C(O)CC1(CC(=O)NCC2CCOCC2)CCCC1. The van der Waals surface area contributed by atoms with Gasteiger partial charge in [-0.25, -0.2) is 0 Å². The number of nitrogens with one attached hydrogen (secondary N) is 1. The summed E-state index contributed by atoms with van der Waals surface area (Å²) in [5.41, 5.74) is -0.300. The van der Waals surface area contributed by atoms with E-state index in [1.165, 1.54) is 0 Å². The molecule has 0 radical (unpaired) electrons. The van der Waals surface area contributed by atoms with E-state index in [1.54, 1.807) is 0 Å². The number of carboxylic acid groups (broad SMARTS) is 1. The topological polar surface area (TPSA) is 75.6 Å². The first-order valence-electron chi connectivity index (χ1n) is 7.66. The van der Waals surface area contributed by atoms with Crippen LogP contribution in [0.4, 0.5) is 0 Å². The van der Waals surface area contributed by atoms with Crippen molar-refractivity contribution in [3.8, 4) is 0 Å². The Bertz CT molecular complexity index is 344. The maximum absolute atomic E-state index is 12.1. The molecule has 0 atom stereocenters. The molecule has 1 aliphatic carbocycles. The fourth-order valence-corrected chi connectivity index (χ4v) is 3.47. The molecule has 0 aromatic heterocycles. The van der Waals surface area contributed by atoms with Gasteiger partial charge in [-0.2, -0.15) is 0 Å². The Morgan fingerprint density at radius 1 is 1.15 bits per heavy atom. The van der Waals surface area contributed by atoms with Gasteiger partial charge in [-0.05, 0) is 37.0 Å². The van der Waals surface area contributed by atoms with E-state index in [0.29, 0.717) is 18.9 Å². The number of ether oxygens (including phenoxy) is 1. The molecule has 20 heavy (non-hydrogen) atoms. The van der Waals surface area contributed by atoms with E-state index in [1.807, 2.05) is 0 Å². The summed E-state index contributed by atoms with van der Waals surface area (Å²) >= 11 is 0. The normalized spacial score (nSPS) is 22.6. The van der Waals surface area contributed by atoms with Gasteiger partial charge in [-0.3, -0.25) is 9.59 Å². The molecular formula is C15H25NO4. The third kappa shape index (κ3) is 4.47. The first kappa shape index (κ1) is 15.3. The Labute approximate surface area is 120 Å². The van der Waals surface area contributed by atoms with Gasteiger partial charge in [0.1, 0.15) is 0 Å². The Hall–Kier alpha value is -1.10. The van der Waals surface area contributed by atoms with Crippen LogP contribution in [0.5, 0.6) is 0 Å². The highest BCUT2D eigenvalue weighted by Gasteiger charge is 2.37. The van der Waals surface area contributed by atoms with Gasteiger partial charge < -0.3 is 15.2 Å². The second-order valence-corrected chi connectivity index (χ2v) is 6.31. The monoisotopic (exact) mass is 283 g/mol. The van der Waals surface area contributed by atoms with Crippen LogP contribution in [-0.2, 0) is 14.3 Å². The molecule has 0 aromatic rings. The van der Waals surface area contributed by atoms with E-state index in [0.717, 1.165) is 51.7 Å². The van der Waals surface area contributed by atoms with Crippen LogP contribution in [0.15, 0.2) is 0 Å². The van der Waals surface area contributed by atoms with Crippen molar-refractivity contribution < 1.29 is 19.4 Å². The largest absolute Gasteiger partial charge is 0.481 e. The molecule has 2 rings (SSSR count). The number of carboxylic acids is 1. The van der Waals surface area contributed by atoms with E-state index < -0.39 is 5.97 Å². The van der Waals surface area contributed by atoms with Crippen LogP contribution in [0.25, 0.3) is 0 Å². The lowest BCUT2D eigenvalue weighted by Crippen LogP contribution is -2.36. The zero-order valence-corrected chi connectivity index (χ0v) is 12.0. The van der Waals surface area contributed by atoms with Crippen molar-refractivity contribution in [1.82, 2.24) is 5.32 Å². The number of hydrogen-bond donors (Lipinski definition) is 2. The number of hydrogen-bond acceptors (Lipinski definition) is 3. The summed E-state index contributed by atoms with van der Waals surface area (Å²) < 4.78 is 5.30. The van der Waals surface area contributed by atoms with Crippen LogP contribution in [0.3, 0.4) is 0 Å². The minimum Gasteiger partial charge on any atom is -0.481 e. The van der Waals surface area contributed by atoms with E-state index in [9.17, 15) is 9.59 Å². The molecule has 1 aliphatic heterocycles. The molecule has 114 valence electrons. The molecule has 0 spiro atoms. The quantitative estimate of drug-likeness (QED) is 0.781. The van der Waals surface area contributed by atoms with Gasteiger partial charge in [0, 0.05) is 26.2 Å². The van der Waals surface area contributed by atoms with Crippen molar-refractivity contribution in [2.75, 3.05) is 19.8 Å². The number of aliphatic carboxylic acids is 1. The Morgan fingerprint density at radius 2 is 1.80 bits per heavy atom. The van der Waals surface area contributed by atoms with Crippen LogP contribution >= 0.6 is 0 Å². The first-order valence-corrected chi connectivity index (χ1v) is 7.66. The number of rotatable bonds is 6. The van der Waals surface area contributed by atoms with E-state index in [-0.39, 0.29) is 17.7 Å². The molecule has 0 aromatic carbocycles. The molecule has 2 aliphatic rings. The minimum atomic E-state index is -0.788. The summed E-state index contributed by atoms with van der Waals surface area (Å²) in [5, 5.41) is 12.0. The molecule has 2 N–H and O–H groups in total. The number of amides is 1. The minimum absolute atomic E-state index is 0.0136. The summed E-state index contributed by atoms with van der Waals surface area (Å²) in [4.78, 5) is 23.1. The third-order valence-corrected chi connectivity index (χ3v) is 4.65. The summed E-state index contributed by atoms with van der Waals surface area (Å²) in [6.45, 7) is 2.26. The van der Waals surface area contributed by atoms with Gasteiger partial charge in [-0.15, -0.1) is 0 Å². The van der Waals surface area contributed by atoms with E-state index in [2.05, 4.69) is 5.32 Å². The molecule has 1 amide bonds. The summed E-state index contributed by atoms with van der Waals surface area (Å²) in [5.74, 6) is -0.268. The van der Waals surface area contributed by atoms with Crippen molar-refractivity contribution >= 4 is 11.9 Å². The highest BCUT2D eigenvalue weighted by atomic mass is 16.5.